The number of halogens is 1. The van der Waals surface area contributed by atoms with E-state index >= 15 is 0 Å². The van der Waals surface area contributed by atoms with Gasteiger partial charge in [0.2, 0.25) is 0 Å². The Hall–Kier alpha value is -2.38. The highest BCUT2D eigenvalue weighted by Crippen LogP contribution is 2.23. The van der Waals surface area contributed by atoms with Gasteiger partial charge in [-0.15, -0.1) is 0 Å². The Morgan fingerprint density at radius 2 is 2.07 bits per heavy atom. The SMILES string of the molecule is CN(C)C[C@@H]1CN(c2ccncn2)C[C@H]1NC(=O)COc1ccc(Cl)cc1. The Morgan fingerprint density at radius 3 is 2.74 bits per heavy atom. The van der Waals surface area contributed by atoms with Crippen LogP contribution in [0.5, 0.6) is 5.75 Å². The van der Waals surface area contributed by atoms with Gasteiger partial charge in [-0.25, -0.2) is 9.97 Å². The Balaban J connectivity index is 1.58. The van der Waals surface area contributed by atoms with E-state index in [1.165, 1.54) is 0 Å². The molecule has 1 aliphatic heterocycles. The Bertz CT molecular complexity index is 742. The van der Waals surface area contributed by atoms with Crippen LogP contribution in [0.1, 0.15) is 0 Å². The van der Waals surface area contributed by atoms with Gasteiger partial charge < -0.3 is 19.9 Å². The summed E-state index contributed by atoms with van der Waals surface area (Å²) in [4.78, 5) is 25.0. The first-order valence-electron chi connectivity index (χ1n) is 8.84. The van der Waals surface area contributed by atoms with Crippen molar-refractivity contribution in [2.24, 2.45) is 5.92 Å². The van der Waals surface area contributed by atoms with Gasteiger partial charge in [-0.1, -0.05) is 11.6 Å². The summed E-state index contributed by atoms with van der Waals surface area (Å²) in [7, 11) is 4.08. The molecule has 8 heteroatoms. The highest BCUT2D eigenvalue weighted by atomic mass is 35.5. The summed E-state index contributed by atoms with van der Waals surface area (Å²) in [5.74, 6) is 1.66. The summed E-state index contributed by atoms with van der Waals surface area (Å²) >= 11 is 5.86. The van der Waals surface area contributed by atoms with E-state index in [0.717, 1.165) is 18.9 Å². The lowest BCUT2D eigenvalue weighted by atomic mass is 10.0. The number of anilines is 1. The van der Waals surface area contributed by atoms with Crippen LogP contribution in [0.25, 0.3) is 0 Å². The quantitative estimate of drug-likeness (QED) is 0.777. The lowest BCUT2D eigenvalue weighted by Crippen LogP contribution is -2.45. The monoisotopic (exact) mass is 389 g/mol. The fourth-order valence-corrected chi connectivity index (χ4v) is 3.40. The second-order valence-corrected chi connectivity index (χ2v) is 7.35. The molecule has 2 atom stereocenters. The molecular formula is C19H24ClN5O2. The van der Waals surface area contributed by atoms with Crippen molar-refractivity contribution in [3.05, 3.63) is 47.9 Å². The molecule has 0 bridgehead atoms. The summed E-state index contributed by atoms with van der Waals surface area (Å²) < 4.78 is 5.55. The molecule has 27 heavy (non-hydrogen) atoms. The van der Waals surface area contributed by atoms with Crippen molar-refractivity contribution in [3.63, 3.8) is 0 Å². The fourth-order valence-electron chi connectivity index (χ4n) is 3.27. The average molecular weight is 390 g/mol. The van der Waals surface area contributed by atoms with Crippen LogP contribution in [0.2, 0.25) is 5.02 Å². The number of ether oxygens (including phenoxy) is 1. The van der Waals surface area contributed by atoms with Crippen molar-refractivity contribution in [1.82, 2.24) is 20.2 Å². The number of nitrogens with zero attached hydrogens (tertiary/aromatic N) is 4. The molecule has 3 rings (SSSR count). The molecule has 1 saturated heterocycles. The Morgan fingerprint density at radius 1 is 1.30 bits per heavy atom. The molecular weight excluding hydrogens is 366 g/mol. The zero-order valence-corrected chi connectivity index (χ0v) is 16.3. The molecule has 144 valence electrons. The zero-order chi connectivity index (χ0) is 19.2. The minimum atomic E-state index is -0.136. The number of aromatic nitrogens is 2. The van der Waals surface area contributed by atoms with Crippen LogP contribution in [0.15, 0.2) is 42.9 Å². The first-order chi connectivity index (χ1) is 13.0. The van der Waals surface area contributed by atoms with Crippen molar-refractivity contribution in [1.29, 1.82) is 0 Å². The molecule has 1 aromatic carbocycles. The van der Waals surface area contributed by atoms with Gasteiger partial charge in [-0.2, -0.15) is 0 Å². The number of hydrogen-bond donors (Lipinski definition) is 1. The summed E-state index contributed by atoms with van der Waals surface area (Å²) in [6.07, 6.45) is 3.28. The third-order valence-electron chi connectivity index (χ3n) is 4.46. The van der Waals surface area contributed by atoms with Crippen molar-refractivity contribution >= 4 is 23.3 Å². The molecule has 1 amide bonds. The number of hydrogen-bond acceptors (Lipinski definition) is 6. The number of carbonyl (C=O) groups is 1. The molecule has 7 nitrogen and oxygen atoms in total. The number of benzene rings is 1. The third-order valence-corrected chi connectivity index (χ3v) is 4.71. The van der Waals surface area contributed by atoms with Crippen molar-refractivity contribution in [3.8, 4) is 5.75 Å². The van der Waals surface area contributed by atoms with E-state index in [1.54, 1.807) is 36.8 Å². The van der Waals surface area contributed by atoms with E-state index in [2.05, 4.69) is 25.1 Å². The molecule has 0 saturated carbocycles. The predicted molar refractivity (Wildman–Crippen MR) is 105 cm³/mol. The van der Waals surface area contributed by atoms with E-state index in [0.29, 0.717) is 23.2 Å². The van der Waals surface area contributed by atoms with Crippen molar-refractivity contribution in [2.45, 2.75) is 6.04 Å². The molecule has 0 radical (unpaired) electrons. The van der Waals surface area contributed by atoms with Crippen molar-refractivity contribution in [2.75, 3.05) is 45.2 Å². The topological polar surface area (TPSA) is 70.6 Å². The third kappa shape index (κ3) is 5.55. The number of carbonyl (C=O) groups excluding carboxylic acids is 1. The standard InChI is InChI=1S/C19H24ClN5O2/c1-24(2)9-14-10-25(18-7-8-21-13-22-18)11-17(14)23-19(26)12-27-16-5-3-15(20)4-6-16/h3-8,13-14,17H,9-12H2,1-2H3,(H,23,26)/t14-,17-/m1/s1. The van der Waals surface area contributed by atoms with Crippen LogP contribution < -0.4 is 15.0 Å². The maximum atomic E-state index is 12.4. The minimum absolute atomic E-state index is 0.0275. The smallest absolute Gasteiger partial charge is 0.258 e. The maximum Gasteiger partial charge on any atom is 0.258 e. The van der Waals surface area contributed by atoms with Crippen LogP contribution in [0, 0.1) is 5.92 Å². The Labute approximate surface area is 164 Å². The van der Waals surface area contributed by atoms with E-state index in [-0.39, 0.29) is 18.6 Å². The first-order valence-corrected chi connectivity index (χ1v) is 9.22. The predicted octanol–water partition coefficient (Wildman–Crippen LogP) is 1.69. The number of nitrogens with one attached hydrogen (secondary N) is 1. The molecule has 1 aromatic heterocycles. The molecule has 0 aliphatic carbocycles. The van der Waals surface area contributed by atoms with E-state index in [9.17, 15) is 4.79 Å². The first kappa shape index (κ1) is 19.4. The molecule has 0 unspecified atom stereocenters. The summed E-state index contributed by atoms with van der Waals surface area (Å²) in [5.41, 5.74) is 0. The molecule has 2 aromatic rings. The second kappa shape index (κ2) is 9.01. The molecule has 1 N–H and O–H groups in total. The van der Waals surface area contributed by atoms with Gasteiger partial charge in [0.25, 0.3) is 5.91 Å². The van der Waals surface area contributed by atoms with Gasteiger partial charge in [0, 0.05) is 36.8 Å². The molecule has 1 fully saturated rings. The summed E-state index contributed by atoms with van der Waals surface area (Å²) in [5, 5.41) is 3.75. The minimum Gasteiger partial charge on any atom is -0.484 e. The molecule has 1 aliphatic rings. The van der Waals surface area contributed by atoms with Gasteiger partial charge >= 0.3 is 0 Å². The average Bonchev–Trinajstić information content (AvgIpc) is 3.04. The van der Waals surface area contributed by atoms with Gasteiger partial charge in [-0.05, 0) is 44.4 Å². The van der Waals surface area contributed by atoms with Crippen LogP contribution in [-0.2, 0) is 4.79 Å². The fraction of sp³-hybridized carbons (Fsp3) is 0.421. The molecule has 2 heterocycles. The van der Waals surface area contributed by atoms with E-state index in [1.807, 2.05) is 20.2 Å². The summed E-state index contributed by atoms with van der Waals surface area (Å²) in [6, 6.07) is 8.88. The van der Waals surface area contributed by atoms with Crippen molar-refractivity contribution < 1.29 is 9.53 Å². The van der Waals surface area contributed by atoms with E-state index in [4.69, 9.17) is 16.3 Å². The van der Waals surface area contributed by atoms with Gasteiger partial charge in [-0.3, -0.25) is 4.79 Å². The highest BCUT2D eigenvalue weighted by Gasteiger charge is 2.34. The normalized spacial score (nSPS) is 19.3. The van der Waals surface area contributed by atoms with Gasteiger partial charge in [0.1, 0.15) is 17.9 Å². The molecule has 0 spiro atoms. The van der Waals surface area contributed by atoms with Crippen LogP contribution in [0.4, 0.5) is 5.82 Å². The van der Waals surface area contributed by atoms with Gasteiger partial charge in [0.05, 0.1) is 6.04 Å². The lowest BCUT2D eigenvalue weighted by Gasteiger charge is -2.22. The van der Waals surface area contributed by atoms with E-state index < -0.39 is 0 Å². The Kier molecular flexibility index (Phi) is 6.47. The van der Waals surface area contributed by atoms with Crippen LogP contribution in [-0.4, -0.2) is 67.2 Å². The highest BCUT2D eigenvalue weighted by molar-refractivity contribution is 6.30. The zero-order valence-electron chi connectivity index (χ0n) is 15.5. The summed E-state index contributed by atoms with van der Waals surface area (Å²) in [6.45, 7) is 2.39. The lowest BCUT2D eigenvalue weighted by molar-refractivity contribution is -0.124. The second-order valence-electron chi connectivity index (χ2n) is 6.91. The van der Waals surface area contributed by atoms with Gasteiger partial charge in [0.15, 0.2) is 6.61 Å². The van der Waals surface area contributed by atoms with Crippen LogP contribution >= 0.6 is 11.6 Å². The largest absolute Gasteiger partial charge is 0.484 e. The number of amides is 1. The maximum absolute atomic E-state index is 12.4. The van der Waals surface area contributed by atoms with Crippen LogP contribution in [0.3, 0.4) is 0 Å². The number of rotatable bonds is 7.